The Kier molecular flexibility index (Phi) is 5.64. The molecule has 0 aromatic heterocycles. The van der Waals surface area contributed by atoms with Gasteiger partial charge in [-0.25, -0.2) is 0 Å². The van der Waals surface area contributed by atoms with Crippen molar-refractivity contribution < 1.29 is 10.2 Å². The number of rotatable bonds is 7. The van der Waals surface area contributed by atoms with Crippen LogP contribution in [0.1, 0.15) is 40.5 Å². The topological polar surface area (TPSA) is 52.5 Å². The molecule has 0 spiro atoms. The van der Waals surface area contributed by atoms with Crippen molar-refractivity contribution in [3.8, 4) is 0 Å². The summed E-state index contributed by atoms with van der Waals surface area (Å²) >= 11 is 0. The molecule has 3 nitrogen and oxygen atoms in total. The highest BCUT2D eigenvalue weighted by Gasteiger charge is 2.26. The number of nitrogens with one attached hydrogen (secondary N) is 1. The van der Waals surface area contributed by atoms with Gasteiger partial charge in [0.1, 0.15) is 0 Å². The normalized spacial score (nSPS) is 13.3. The third-order valence-electron chi connectivity index (χ3n) is 3.27. The summed E-state index contributed by atoms with van der Waals surface area (Å²) in [6, 6.07) is 0. The van der Waals surface area contributed by atoms with E-state index >= 15 is 0 Å². The van der Waals surface area contributed by atoms with Gasteiger partial charge in [0.25, 0.3) is 0 Å². The van der Waals surface area contributed by atoms with Crippen LogP contribution in [0.3, 0.4) is 0 Å². The molecular formula is C11H25NO2. The molecule has 0 radical (unpaired) electrons. The average Bonchev–Trinajstić information content (AvgIpc) is 2.25. The third kappa shape index (κ3) is 3.95. The monoisotopic (exact) mass is 203 g/mol. The lowest BCUT2D eigenvalue weighted by atomic mass is 9.89. The van der Waals surface area contributed by atoms with Gasteiger partial charge in [-0.2, -0.15) is 0 Å². The molecule has 86 valence electrons. The summed E-state index contributed by atoms with van der Waals surface area (Å²) in [5, 5.41) is 21.7. The van der Waals surface area contributed by atoms with E-state index in [9.17, 15) is 0 Å². The minimum absolute atomic E-state index is 0.0139. The summed E-state index contributed by atoms with van der Waals surface area (Å²) in [4.78, 5) is 0. The van der Waals surface area contributed by atoms with Gasteiger partial charge in [-0.05, 0) is 19.8 Å². The zero-order chi connectivity index (χ0) is 11.2. The van der Waals surface area contributed by atoms with Gasteiger partial charge in [-0.3, -0.25) is 0 Å². The van der Waals surface area contributed by atoms with E-state index in [0.717, 1.165) is 12.8 Å². The van der Waals surface area contributed by atoms with Crippen molar-refractivity contribution in [2.24, 2.45) is 5.41 Å². The zero-order valence-corrected chi connectivity index (χ0v) is 9.93. The Hall–Kier alpha value is -0.120. The minimum Gasteiger partial charge on any atom is -0.396 e. The predicted molar refractivity (Wildman–Crippen MR) is 59.3 cm³/mol. The van der Waals surface area contributed by atoms with Crippen LogP contribution in [0.15, 0.2) is 0 Å². The first-order chi connectivity index (χ1) is 6.45. The van der Waals surface area contributed by atoms with E-state index in [2.05, 4.69) is 26.1 Å². The Morgan fingerprint density at radius 2 is 1.43 bits per heavy atom. The van der Waals surface area contributed by atoms with Crippen LogP contribution >= 0.6 is 0 Å². The summed E-state index contributed by atoms with van der Waals surface area (Å²) in [7, 11) is 0. The first-order valence-corrected chi connectivity index (χ1v) is 5.42. The van der Waals surface area contributed by atoms with E-state index < -0.39 is 5.41 Å². The van der Waals surface area contributed by atoms with Gasteiger partial charge in [-0.15, -0.1) is 0 Å². The maximum atomic E-state index is 9.13. The Labute approximate surface area is 87.5 Å². The van der Waals surface area contributed by atoms with Crippen molar-refractivity contribution in [2.45, 2.75) is 46.1 Å². The number of aliphatic hydroxyl groups excluding tert-OH is 2. The Morgan fingerprint density at radius 1 is 1.00 bits per heavy atom. The highest BCUT2D eigenvalue weighted by molar-refractivity contribution is 4.84. The molecular weight excluding hydrogens is 178 g/mol. The van der Waals surface area contributed by atoms with Crippen molar-refractivity contribution in [3.63, 3.8) is 0 Å². The molecule has 0 saturated carbocycles. The van der Waals surface area contributed by atoms with Crippen LogP contribution in [0.4, 0.5) is 0 Å². The summed E-state index contributed by atoms with van der Waals surface area (Å²) in [6.07, 6.45) is 2.10. The lowest BCUT2D eigenvalue weighted by Crippen LogP contribution is -2.48. The lowest BCUT2D eigenvalue weighted by molar-refractivity contribution is 0.0617. The van der Waals surface area contributed by atoms with Crippen molar-refractivity contribution in [1.29, 1.82) is 0 Å². The molecule has 0 rings (SSSR count). The van der Waals surface area contributed by atoms with Crippen LogP contribution in [-0.4, -0.2) is 35.5 Å². The molecule has 0 heterocycles. The van der Waals surface area contributed by atoms with E-state index in [1.807, 2.05) is 6.92 Å². The zero-order valence-electron chi connectivity index (χ0n) is 9.93. The molecule has 0 unspecified atom stereocenters. The van der Waals surface area contributed by atoms with Gasteiger partial charge >= 0.3 is 0 Å². The fourth-order valence-corrected chi connectivity index (χ4v) is 1.09. The smallest absolute Gasteiger partial charge is 0.0519 e. The largest absolute Gasteiger partial charge is 0.396 e. The first kappa shape index (κ1) is 13.9. The van der Waals surface area contributed by atoms with Crippen LogP contribution < -0.4 is 5.32 Å². The number of aliphatic hydroxyl groups is 2. The first-order valence-electron chi connectivity index (χ1n) is 5.42. The minimum atomic E-state index is -0.411. The maximum Gasteiger partial charge on any atom is 0.0519 e. The SMILES string of the molecule is CCC(C)(CC)NCC(C)(CO)CO. The van der Waals surface area contributed by atoms with Gasteiger partial charge in [0, 0.05) is 17.5 Å². The van der Waals surface area contributed by atoms with E-state index in [4.69, 9.17) is 10.2 Å². The third-order valence-corrected chi connectivity index (χ3v) is 3.27. The molecule has 0 aromatic rings. The molecule has 0 amide bonds. The molecule has 0 aliphatic rings. The molecule has 0 aromatic carbocycles. The molecule has 0 aliphatic carbocycles. The van der Waals surface area contributed by atoms with E-state index in [1.54, 1.807) is 0 Å². The molecule has 3 N–H and O–H groups in total. The van der Waals surface area contributed by atoms with Gasteiger partial charge in [0.05, 0.1) is 13.2 Å². The van der Waals surface area contributed by atoms with Crippen molar-refractivity contribution in [2.75, 3.05) is 19.8 Å². The Bertz CT molecular complexity index is 133. The molecule has 0 saturated heterocycles. The molecule has 0 fully saturated rings. The predicted octanol–water partition coefficient (Wildman–Crippen LogP) is 1.15. The maximum absolute atomic E-state index is 9.13. The number of hydrogen-bond donors (Lipinski definition) is 3. The lowest BCUT2D eigenvalue weighted by Gasteiger charge is -2.34. The molecule has 14 heavy (non-hydrogen) atoms. The second-order valence-electron chi connectivity index (χ2n) is 4.75. The van der Waals surface area contributed by atoms with Gasteiger partial charge < -0.3 is 15.5 Å². The molecule has 0 bridgehead atoms. The fourth-order valence-electron chi connectivity index (χ4n) is 1.09. The van der Waals surface area contributed by atoms with Crippen molar-refractivity contribution in [1.82, 2.24) is 5.32 Å². The van der Waals surface area contributed by atoms with Crippen LogP contribution in [0.25, 0.3) is 0 Å². The van der Waals surface area contributed by atoms with Gasteiger partial charge in [0.2, 0.25) is 0 Å². The molecule has 3 heteroatoms. The summed E-state index contributed by atoms with van der Waals surface area (Å²) < 4.78 is 0. The van der Waals surface area contributed by atoms with Crippen LogP contribution in [0.5, 0.6) is 0 Å². The van der Waals surface area contributed by atoms with Crippen molar-refractivity contribution >= 4 is 0 Å². The molecule has 0 atom stereocenters. The highest BCUT2D eigenvalue weighted by atomic mass is 16.3. The van der Waals surface area contributed by atoms with Crippen LogP contribution in [0.2, 0.25) is 0 Å². The standard InChI is InChI=1S/C11H25NO2/c1-5-11(4,6-2)12-7-10(3,8-13)9-14/h12-14H,5-9H2,1-4H3. The number of hydrogen-bond acceptors (Lipinski definition) is 3. The average molecular weight is 203 g/mol. The van der Waals surface area contributed by atoms with E-state index in [1.165, 1.54) is 0 Å². The van der Waals surface area contributed by atoms with E-state index in [0.29, 0.717) is 6.54 Å². The van der Waals surface area contributed by atoms with E-state index in [-0.39, 0.29) is 18.8 Å². The summed E-state index contributed by atoms with van der Waals surface area (Å²) in [5.41, 5.74) is -0.294. The van der Waals surface area contributed by atoms with Gasteiger partial charge in [-0.1, -0.05) is 20.8 Å². The Balaban J connectivity index is 4.14. The quantitative estimate of drug-likeness (QED) is 0.582. The van der Waals surface area contributed by atoms with Crippen LogP contribution in [0, 0.1) is 5.41 Å². The summed E-state index contributed by atoms with van der Waals surface area (Å²) in [6.45, 7) is 9.02. The second-order valence-corrected chi connectivity index (χ2v) is 4.75. The fraction of sp³-hybridized carbons (Fsp3) is 1.00. The second kappa shape index (κ2) is 5.69. The van der Waals surface area contributed by atoms with Crippen LogP contribution in [-0.2, 0) is 0 Å². The van der Waals surface area contributed by atoms with Gasteiger partial charge in [0.15, 0.2) is 0 Å². The van der Waals surface area contributed by atoms with Crippen molar-refractivity contribution in [3.05, 3.63) is 0 Å². The summed E-state index contributed by atoms with van der Waals surface area (Å²) in [5.74, 6) is 0. The highest BCUT2D eigenvalue weighted by Crippen LogP contribution is 2.18. The Morgan fingerprint density at radius 3 is 1.71 bits per heavy atom. The molecule has 0 aliphatic heterocycles.